The van der Waals surface area contributed by atoms with Crippen molar-refractivity contribution in [3.63, 3.8) is 0 Å². The molecule has 1 fully saturated rings. The summed E-state index contributed by atoms with van der Waals surface area (Å²) in [6.07, 6.45) is 0. The van der Waals surface area contributed by atoms with Crippen LogP contribution in [0.25, 0.3) is 0 Å². The molecule has 0 unspecified atom stereocenters. The summed E-state index contributed by atoms with van der Waals surface area (Å²) in [4.78, 5) is 19.3. The Morgan fingerprint density at radius 2 is 1.96 bits per heavy atom. The van der Waals surface area contributed by atoms with Gasteiger partial charge in [0.15, 0.2) is 0 Å². The first-order chi connectivity index (χ1) is 13.6. The predicted octanol–water partition coefficient (Wildman–Crippen LogP) is 3.12. The Bertz CT molecular complexity index is 840. The standard InChI is InChI=1S/C20H22BrFN4O2/c21-16-4-2-6-18(14-16)24-20(23-7-8-26-9-11-28-12-10-26)25-19(27)15-3-1-5-17(22)13-15/h1-6,13-14H,7-12H2,(H2,23,24,25,27). The van der Waals surface area contributed by atoms with Gasteiger partial charge >= 0.3 is 0 Å². The summed E-state index contributed by atoms with van der Waals surface area (Å²) in [7, 11) is 0. The van der Waals surface area contributed by atoms with Crippen LogP contribution in [-0.2, 0) is 4.74 Å². The van der Waals surface area contributed by atoms with Crippen LogP contribution in [0.3, 0.4) is 0 Å². The number of morpholine rings is 1. The van der Waals surface area contributed by atoms with Crippen LogP contribution in [0.15, 0.2) is 58.0 Å². The minimum atomic E-state index is -0.460. The van der Waals surface area contributed by atoms with Crippen LogP contribution in [0.4, 0.5) is 10.1 Å². The van der Waals surface area contributed by atoms with Crippen LogP contribution in [0.2, 0.25) is 0 Å². The van der Waals surface area contributed by atoms with Crippen molar-refractivity contribution >= 4 is 33.5 Å². The number of hydrogen-bond acceptors (Lipinski definition) is 4. The lowest BCUT2D eigenvalue weighted by molar-refractivity contribution is 0.0394. The molecule has 1 aliphatic rings. The van der Waals surface area contributed by atoms with E-state index in [1.807, 2.05) is 24.3 Å². The van der Waals surface area contributed by atoms with Crippen molar-refractivity contribution < 1.29 is 13.9 Å². The lowest BCUT2D eigenvalue weighted by Crippen LogP contribution is -2.39. The fraction of sp³-hybridized carbons (Fsp3) is 0.300. The van der Waals surface area contributed by atoms with E-state index in [2.05, 4.69) is 36.5 Å². The zero-order valence-corrected chi connectivity index (χ0v) is 16.9. The second-order valence-electron chi connectivity index (χ2n) is 6.28. The normalized spacial score (nSPS) is 15.3. The maximum absolute atomic E-state index is 13.4. The summed E-state index contributed by atoms with van der Waals surface area (Å²) in [5, 5.41) is 5.86. The number of carbonyl (C=O) groups is 1. The molecule has 1 saturated heterocycles. The van der Waals surface area contributed by atoms with Gasteiger partial charge in [0.25, 0.3) is 5.91 Å². The second kappa shape index (κ2) is 10.3. The number of amides is 1. The van der Waals surface area contributed by atoms with Gasteiger partial charge in [0.2, 0.25) is 5.96 Å². The minimum Gasteiger partial charge on any atom is -0.379 e. The molecule has 3 rings (SSSR count). The average molecular weight is 449 g/mol. The SMILES string of the molecule is O=C(NC(=NCCN1CCOCC1)Nc1cccc(Br)c1)c1cccc(F)c1. The van der Waals surface area contributed by atoms with E-state index in [9.17, 15) is 9.18 Å². The highest BCUT2D eigenvalue weighted by Gasteiger charge is 2.12. The number of nitrogens with zero attached hydrogens (tertiary/aromatic N) is 2. The van der Waals surface area contributed by atoms with Crippen LogP contribution >= 0.6 is 15.9 Å². The van der Waals surface area contributed by atoms with Gasteiger partial charge in [0.1, 0.15) is 5.82 Å². The molecule has 0 saturated carbocycles. The van der Waals surface area contributed by atoms with Crippen molar-refractivity contribution in [1.29, 1.82) is 0 Å². The van der Waals surface area contributed by atoms with E-state index in [4.69, 9.17) is 4.74 Å². The molecule has 0 spiro atoms. The van der Waals surface area contributed by atoms with E-state index in [0.29, 0.717) is 12.5 Å². The Morgan fingerprint density at radius 3 is 2.71 bits per heavy atom. The van der Waals surface area contributed by atoms with Gasteiger partial charge in [0, 0.05) is 35.4 Å². The lowest BCUT2D eigenvalue weighted by atomic mass is 10.2. The van der Waals surface area contributed by atoms with E-state index in [1.165, 1.54) is 18.2 Å². The van der Waals surface area contributed by atoms with Crippen LogP contribution in [-0.4, -0.2) is 56.2 Å². The molecule has 0 aliphatic carbocycles. The Hall–Kier alpha value is -2.29. The third-order valence-corrected chi connectivity index (χ3v) is 4.69. The monoisotopic (exact) mass is 448 g/mol. The molecule has 0 radical (unpaired) electrons. The molecule has 1 amide bonds. The highest BCUT2D eigenvalue weighted by Crippen LogP contribution is 2.15. The number of guanidine groups is 1. The van der Waals surface area contributed by atoms with Crippen molar-refractivity contribution in [2.75, 3.05) is 44.7 Å². The first kappa shape index (κ1) is 20.4. The molecule has 2 aromatic rings. The molecule has 1 heterocycles. The van der Waals surface area contributed by atoms with Gasteiger partial charge in [0.05, 0.1) is 19.8 Å². The zero-order valence-electron chi connectivity index (χ0n) is 15.3. The van der Waals surface area contributed by atoms with E-state index in [-0.39, 0.29) is 5.56 Å². The van der Waals surface area contributed by atoms with Gasteiger partial charge in [-0.3, -0.25) is 20.0 Å². The number of carbonyl (C=O) groups excluding carboxylic acids is 1. The van der Waals surface area contributed by atoms with Gasteiger partial charge in [-0.2, -0.15) is 0 Å². The Morgan fingerprint density at radius 1 is 1.18 bits per heavy atom. The molecule has 2 aromatic carbocycles. The summed E-state index contributed by atoms with van der Waals surface area (Å²) < 4.78 is 19.7. The fourth-order valence-electron chi connectivity index (χ4n) is 2.75. The number of rotatable bonds is 5. The lowest BCUT2D eigenvalue weighted by Gasteiger charge is -2.25. The average Bonchev–Trinajstić information content (AvgIpc) is 2.69. The van der Waals surface area contributed by atoms with E-state index in [1.54, 1.807) is 6.07 Å². The number of nitrogens with one attached hydrogen (secondary N) is 2. The van der Waals surface area contributed by atoms with Gasteiger partial charge in [-0.1, -0.05) is 28.1 Å². The zero-order chi connectivity index (χ0) is 19.8. The van der Waals surface area contributed by atoms with Gasteiger partial charge in [-0.15, -0.1) is 0 Å². The summed E-state index contributed by atoms with van der Waals surface area (Å²) >= 11 is 3.42. The van der Waals surface area contributed by atoms with Crippen LogP contribution in [0.1, 0.15) is 10.4 Å². The molecule has 0 aromatic heterocycles. The van der Waals surface area contributed by atoms with Crippen LogP contribution in [0, 0.1) is 5.82 Å². The molecule has 2 N–H and O–H groups in total. The molecule has 8 heteroatoms. The largest absolute Gasteiger partial charge is 0.379 e. The quantitative estimate of drug-likeness (QED) is 0.544. The molecule has 6 nitrogen and oxygen atoms in total. The first-order valence-corrected chi connectivity index (χ1v) is 9.83. The minimum absolute atomic E-state index is 0.233. The number of hydrogen-bond donors (Lipinski definition) is 2. The number of aliphatic imine (C=N–C) groups is 1. The van der Waals surface area contributed by atoms with Crippen molar-refractivity contribution in [1.82, 2.24) is 10.2 Å². The molecule has 0 atom stereocenters. The third-order valence-electron chi connectivity index (χ3n) is 4.20. The number of benzene rings is 2. The highest BCUT2D eigenvalue weighted by atomic mass is 79.9. The van der Waals surface area contributed by atoms with Crippen molar-refractivity contribution in [3.8, 4) is 0 Å². The number of halogens is 2. The highest BCUT2D eigenvalue weighted by molar-refractivity contribution is 9.10. The summed E-state index contributed by atoms with van der Waals surface area (Å²) in [6, 6.07) is 13.1. The Kier molecular flexibility index (Phi) is 7.53. The molecule has 1 aliphatic heterocycles. The van der Waals surface area contributed by atoms with Gasteiger partial charge in [-0.05, 0) is 36.4 Å². The molecule has 148 valence electrons. The summed E-state index contributed by atoms with van der Waals surface area (Å²) in [5.74, 6) is -0.564. The molecule has 0 bridgehead atoms. The molecular weight excluding hydrogens is 427 g/mol. The van der Waals surface area contributed by atoms with Crippen LogP contribution in [0.5, 0.6) is 0 Å². The maximum Gasteiger partial charge on any atom is 0.258 e. The number of anilines is 1. The van der Waals surface area contributed by atoms with Crippen LogP contribution < -0.4 is 10.6 Å². The van der Waals surface area contributed by atoms with Gasteiger partial charge < -0.3 is 10.1 Å². The third kappa shape index (κ3) is 6.40. The van der Waals surface area contributed by atoms with Gasteiger partial charge in [-0.25, -0.2) is 4.39 Å². The maximum atomic E-state index is 13.4. The Balaban J connectivity index is 1.69. The smallest absolute Gasteiger partial charge is 0.258 e. The van der Waals surface area contributed by atoms with E-state index in [0.717, 1.165) is 43.0 Å². The predicted molar refractivity (Wildman–Crippen MR) is 111 cm³/mol. The number of ether oxygens (including phenoxy) is 1. The summed E-state index contributed by atoms with van der Waals surface area (Å²) in [6.45, 7) is 4.48. The fourth-order valence-corrected chi connectivity index (χ4v) is 3.15. The summed E-state index contributed by atoms with van der Waals surface area (Å²) in [5.41, 5.74) is 1.01. The second-order valence-corrected chi connectivity index (χ2v) is 7.20. The van der Waals surface area contributed by atoms with E-state index < -0.39 is 11.7 Å². The van der Waals surface area contributed by atoms with E-state index >= 15 is 0 Å². The molecular formula is C20H22BrFN4O2. The van der Waals surface area contributed by atoms with Crippen molar-refractivity contribution in [2.45, 2.75) is 0 Å². The Labute approximate surface area is 171 Å². The first-order valence-electron chi connectivity index (χ1n) is 9.04. The van der Waals surface area contributed by atoms with Crippen molar-refractivity contribution in [2.24, 2.45) is 4.99 Å². The van der Waals surface area contributed by atoms with Crippen molar-refractivity contribution in [3.05, 3.63) is 64.4 Å². The topological polar surface area (TPSA) is 66.0 Å². The molecule has 28 heavy (non-hydrogen) atoms.